The van der Waals surface area contributed by atoms with Crippen LogP contribution in [0, 0.1) is 6.92 Å². The Morgan fingerprint density at radius 2 is 1.85 bits per heavy atom. The molecular weight excluding hydrogens is 366 g/mol. The van der Waals surface area contributed by atoms with Crippen LogP contribution >= 0.6 is 11.8 Å². The van der Waals surface area contributed by atoms with E-state index in [2.05, 4.69) is 37.4 Å². The van der Waals surface area contributed by atoms with Crippen molar-refractivity contribution in [3.8, 4) is 0 Å². The van der Waals surface area contributed by atoms with Crippen molar-refractivity contribution >= 4 is 23.8 Å². The van der Waals surface area contributed by atoms with Crippen molar-refractivity contribution < 1.29 is 9.53 Å². The second-order valence-corrected chi connectivity index (χ2v) is 8.00. The minimum Gasteiger partial charge on any atom is -0.444 e. The van der Waals surface area contributed by atoms with Crippen LogP contribution in [0.25, 0.3) is 0 Å². The summed E-state index contributed by atoms with van der Waals surface area (Å²) in [5.74, 6) is 3.42. The highest BCUT2D eigenvalue weighted by Gasteiger charge is 2.15. The first kappa shape index (κ1) is 23.1. The number of ether oxygens (including phenoxy) is 1. The van der Waals surface area contributed by atoms with Crippen molar-refractivity contribution in [3.63, 3.8) is 0 Å². The van der Waals surface area contributed by atoms with E-state index in [0.717, 1.165) is 30.4 Å². The molecule has 9 nitrogen and oxygen atoms in total. The number of aromatic nitrogens is 3. The topological polar surface area (TPSA) is 105 Å². The normalized spacial score (nSPS) is 12.0. The molecule has 0 aromatic carbocycles. The fraction of sp³-hybridized carbons (Fsp3) is 0.765. The maximum atomic E-state index is 11.7. The number of nitrogens with one attached hydrogen (secondary N) is 3. The van der Waals surface area contributed by atoms with Crippen LogP contribution in [0.2, 0.25) is 0 Å². The highest BCUT2D eigenvalue weighted by atomic mass is 32.2. The number of carbonyl (C=O) groups excluding carboxylic acids is 1. The average molecular weight is 400 g/mol. The lowest BCUT2D eigenvalue weighted by atomic mass is 10.2. The van der Waals surface area contributed by atoms with E-state index in [9.17, 15) is 4.79 Å². The van der Waals surface area contributed by atoms with Crippen LogP contribution < -0.4 is 16.0 Å². The molecule has 27 heavy (non-hydrogen) atoms. The third-order valence-corrected chi connectivity index (χ3v) is 4.16. The first-order valence-corrected chi connectivity index (χ1v) is 10.4. The third-order valence-electron chi connectivity index (χ3n) is 3.46. The van der Waals surface area contributed by atoms with Gasteiger partial charge in [-0.2, -0.15) is 11.8 Å². The number of carbonyl (C=O) groups is 1. The van der Waals surface area contributed by atoms with Crippen LogP contribution in [-0.2, 0) is 18.3 Å². The van der Waals surface area contributed by atoms with E-state index in [0.29, 0.717) is 25.6 Å². The Morgan fingerprint density at radius 1 is 1.19 bits per heavy atom. The number of hydrogen-bond donors (Lipinski definition) is 3. The molecule has 0 bridgehead atoms. The van der Waals surface area contributed by atoms with Crippen molar-refractivity contribution in [2.45, 2.75) is 46.3 Å². The molecule has 0 aliphatic carbocycles. The third kappa shape index (κ3) is 10.1. The van der Waals surface area contributed by atoms with Crippen molar-refractivity contribution in [2.75, 3.05) is 31.6 Å². The predicted molar refractivity (Wildman–Crippen MR) is 110 cm³/mol. The van der Waals surface area contributed by atoms with Crippen molar-refractivity contribution in [1.82, 2.24) is 30.7 Å². The van der Waals surface area contributed by atoms with Gasteiger partial charge in [-0.1, -0.05) is 0 Å². The molecule has 0 aliphatic rings. The molecule has 1 heterocycles. The minimum absolute atomic E-state index is 0.425. The molecule has 0 radical (unpaired) electrons. The van der Waals surface area contributed by atoms with Gasteiger partial charge < -0.3 is 25.3 Å². The predicted octanol–water partition coefficient (Wildman–Crippen LogP) is 1.44. The largest absolute Gasteiger partial charge is 0.444 e. The van der Waals surface area contributed by atoms with Crippen LogP contribution in [0.3, 0.4) is 0 Å². The Labute approximate surface area is 166 Å². The lowest BCUT2D eigenvalue weighted by Crippen LogP contribution is -2.43. The van der Waals surface area contributed by atoms with E-state index < -0.39 is 11.7 Å². The van der Waals surface area contributed by atoms with Gasteiger partial charge in [0.2, 0.25) is 0 Å². The summed E-state index contributed by atoms with van der Waals surface area (Å²) >= 11 is 1.81. The lowest BCUT2D eigenvalue weighted by Gasteiger charge is -2.20. The molecule has 0 atom stereocenters. The van der Waals surface area contributed by atoms with Crippen LogP contribution in [0.4, 0.5) is 4.79 Å². The molecule has 1 amide bonds. The van der Waals surface area contributed by atoms with Gasteiger partial charge in [0.25, 0.3) is 0 Å². The summed E-state index contributed by atoms with van der Waals surface area (Å²) in [6.07, 6.45) is 2.71. The summed E-state index contributed by atoms with van der Waals surface area (Å²) in [6, 6.07) is 0. The summed E-state index contributed by atoms with van der Waals surface area (Å²) in [7, 11) is 1.92. The molecule has 3 N–H and O–H groups in total. The van der Waals surface area contributed by atoms with Gasteiger partial charge in [-0.15, -0.1) is 10.2 Å². The second-order valence-electron chi connectivity index (χ2n) is 7.02. The molecule has 154 valence electrons. The number of rotatable bonds is 9. The summed E-state index contributed by atoms with van der Waals surface area (Å²) in [5, 5.41) is 17.4. The number of hydrogen-bond acceptors (Lipinski definition) is 6. The first-order chi connectivity index (χ1) is 12.7. The maximum absolute atomic E-state index is 11.7. The molecule has 0 unspecified atom stereocenters. The Morgan fingerprint density at radius 3 is 2.44 bits per heavy atom. The number of amides is 1. The van der Waals surface area contributed by atoms with Crippen molar-refractivity contribution in [2.24, 2.45) is 12.0 Å². The number of alkyl carbamates (subject to hydrolysis) is 1. The molecular formula is C17H33N7O2S. The van der Waals surface area contributed by atoms with E-state index in [4.69, 9.17) is 4.74 Å². The SMILES string of the molecule is CSCCCNC(=NCc1nnc(C)n1C)NCCNC(=O)OC(C)(C)C. The number of aliphatic imine (C=N–C) groups is 1. The van der Waals surface area contributed by atoms with Gasteiger partial charge in [0.1, 0.15) is 18.0 Å². The van der Waals surface area contributed by atoms with Crippen molar-refractivity contribution in [3.05, 3.63) is 11.6 Å². The standard InChI is InChI=1S/C17H33N7O2S/c1-13-22-23-14(24(13)5)12-21-15(18-8-7-11-27-6)19-9-10-20-16(25)26-17(2,3)4/h7-12H2,1-6H3,(H,20,25)(H2,18,19,21). The van der Waals surface area contributed by atoms with Crippen LogP contribution in [0.15, 0.2) is 4.99 Å². The van der Waals surface area contributed by atoms with Crippen molar-refractivity contribution in [1.29, 1.82) is 0 Å². The quantitative estimate of drug-likeness (QED) is 0.328. The van der Waals surface area contributed by atoms with Crippen LogP contribution in [0.5, 0.6) is 0 Å². The number of thioether (sulfide) groups is 1. The molecule has 0 saturated carbocycles. The Bertz CT molecular complexity index is 611. The zero-order chi connectivity index (χ0) is 20.3. The number of guanidine groups is 1. The summed E-state index contributed by atoms with van der Waals surface area (Å²) in [4.78, 5) is 16.2. The minimum atomic E-state index is -0.503. The van der Waals surface area contributed by atoms with Gasteiger partial charge in [-0.3, -0.25) is 0 Å². The summed E-state index contributed by atoms with van der Waals surface area (Å²) in [6.45, 7) is 9.63. The molecule has 1 rings (SSSR count). The Hall–Kier alpha value is -1.97. The van der Waals surface area contributed by atoms with Crippen LogP contribution in [0.1, 0.15) is 38.8 Å². The average Bonchev–Trinajstić information content (AvgIpc) is 2.89. The summed E-state index contributed by atoms with van der Waals surface area (Å²) < 4.78 is 7.13. The van der Waals surface area contributed by atoms with E-state index >= 15 is 0 Å². The molecule has 1 aromatic rings. The number of nitrogens with zero attached hydrogens (tertiary/aromatic N) is 4. The van der Waals surface area contributed by atoms with Gasteiger partial charge >= 0.3 is 6.09 Å². The fourth-order valence-corrected chi connectivity index (χ4v) is 2.43. The zero-order valence-electron chi connectivity index (χ0n) is 17.3. The molecule has 1 aromatic heterocycles. The lowest BCUT2D eigenvalue weighted by molar-refractivity contribution is 0.0529. The second kappa shape index (κ2) is 11.7. The highest BCUT2D eigenvalue weighted by molar-refractivity contribution is 7.98. The fourth-order valence-electron chi connectivity index (χ4n) is 2.00. The molecule has 0 aliphatic heterocycles. The van der Waals surface area contributed by atoms with E-state index in [1.807, 2.05) is 51.1 Å². The van der Waals surface area contributed by atoms with E-state index in [-0.39, 0.29) is 0 Å². The van der Waals surface area contributed by atoms with E-state index in [1.165, 1.54) is 0 Å². The van der Waals surface area contributed by atoms with Crippen LogP contribution in [-0.4, -0.2) is 64.1 Å². The summed E-state index contributed by atoms with van der Waals surface area (Å²) in [5.41, 5.74) is -0.503. The molecule has 0 fully saturated rings. The van der Waals surface area contributed by atoms with Gasteiger partial charge in [-0.05, 0) is 46.1 Å². The van der Waals surface area contributed by atoms with Gasteiger partial charge in [-0.25, -0.2) is 9.79 Å². The Kier molecular flexibility index (Phi) is 9.98. The number of aryl methyl sites for hydroxylation is 1. The molecule has 0 spiro atoms. The highest BCUT2D eigenvalue weighted by Crippen LogP contribution is 2.06. The maximum Gasteiger partial charge on any atom is 0.407 e. The van der Waals surface area contributed by atoms with Gasteiger partial charge in [0, 0.05) is 26.7 Å². The monoisotopic (exact) mass is 399 g/mol. The van der Waals surface area contributed by atoms with Gasteiger partial charge in [0.15, 0.2) is 11.8 Å². The smallest absolute Gasteiger partial charge is 0.407 e. The molecule has 10 heteroatoms. The van der Waals surface area contributed by atoms with Gasteiger partial charge in [0.05, 0.1) is 0 Å². The van der Waals surface area contributed by atoms with E-state index in [1.54, 1.807) is 0 Å². The molecule has 0 saturated heterocycles. The zero-order valence-corrected chi connectivity index (χ0v) is 18.1. The Balaban J connectivity index is 2.49. The first-order valence-electron chi connectivity index (χ1n) is 9.05.